The number of aliphatic hydroxyl groups is 1. The van der Waals surface area contributed by atoms with Crippen molar-refractivity contribution in [2.75, 3.05) is 19.8 Å². The van der Waals surface area contributed by atoms with Gasteiger partial charge in [0.15, 0.2) is 5.79 Å². The van der Waals surface area contributed by atoms with E-state index in [9.17, 15) is 5.11 Å². The van der Waals surface area contributed by atoms with E-state index in [-0.39, 0.29) is 11.0 Å². The number of rotatable bonds is 2. The number of hydrogen-bond acceptors (Lipinski definition) is 4. The molecule has 1 unspecified atom stereocenters. The summed E-state index contributed by atoms with van der Waals surface area (Å²) in [6, 6.07) is 9.63. The van der Waals surface area contributed by atoms with Gasteiger partial charge in [-0.25, -0.2) is 0 Å². The normalized spacial score (nSPS) is 46.5. The number of epoxide rings is 1. The van der Waals surface area contributed by atoms with E-state index in [2.05, 4.69) is 31.2 Å². The van der Waals surface area contributed by atoms with Crippen LogP contribution in [-0.2, 0) is 14.2 Å². The van der Waals surface area contributed by atoms with E-state index in [0.717, 1.165) is 44.6 Å². The summed E-state index contributed by atoms with van der Waals surface area (Å²) < 4.78 is 18.4. The maximum Gasteiger partial charge on any atom is 0.171 e. The van der Waals surface area contributed by atoms with Crippen molar-refractivity contribution >= 4 is 0 Å². The predicted octanol–water partition coefficient (Wildman–Crippen LogP) is 5.60. The van der Waals surface area contributed by atoms with E-state index in [1.807, 2.05) is 0 Å². The number of allylic oxidation sites excluding steroid dienone is 1. The van der Waals surface area contributed by atoms with Crippen molar-refractivity contribution in [2.24, 2.45) is 17.3 Å². The lowest BCUT2D eigenvalue weighted by molar-refractivity contribution is -0.208. The fraction of sp³-hybridized carbons (Fsp3) is 0.733. The summed E-state index contributed by atoms with van der Waals surface area (Å²) in [5.41, 5.74) is 5.50. The zero-order valence-electron chi connectivity index (χ0n) is 20.5. The van der Waals surface area contributed by atoms with Crippen LogP contribution in [0.3, 0.4) is 0 Å². The van der Waals surface area contributed by atoms with Gasteiger partial charge in [0.05, 0.1) is 31.0 Å². The third kappa shape index (κ3) is 2.75. The Bertz CT molecular complexity index is 1040. The van der Waals surface area contributed by atoms with Crippen LogP contribution in [0.4, 0.5) is 0 Å². The van der Waals surface area contributed by atoms with E-state index >= 15 is 0 Å². The Morgan fingerprint density at radius 3 is 2.32 bits per heavy atom. The molecule has 4 heteroatoms. The molecule has 2 spiro atoms. The van der Waals surface area contributed by atoms with Gasteiger partial charge in [-0.3, -0.25) is 0 Å². The highest BCUT2D eigenvalue weighted by atomic mass is 16.7. The van der Waals surface area contributed by atoms with Crippen LogP contribution in [0.2, 0.25) is 0 Å². The molecule has 6 fully saturated rings. The van der Waals surface area contributed by atoms with Crippen molar-refractivity contribution in [3.05, 3.63) is 46.5 Å². The molecule has 182 valence electrons. The number of hydrogen-bond donors (Lipinski definition) is 1. The minimum atomic E-state index is -0.777. The third-order valence-corrected chi connectivity index (χ3v) is 11.4. The Labute approximate surface area is 203 Å². The lowest BCUT2D eigenvalue weighted by atomic mass is 9.50. The second kappa shape index (κ2) is 6.76. The molecule has 8 rings (SSSR count). The van der Waals surface area contributed by atoms with Crippen LogP contribution >= 0.6 is 0 Å². The molecular weight excluding hydrogens is 424 g/mol. The van der Waals surface area contributed by atoms with Gasteiger partial charge >= 0.3 is 0 Å². The third-order valence-electron chi connectivity index (χ3n) is 11.4. The number of fused-ring (bicyclic) bond motifs is 5. The summed E-state index contributed by atoms with van der Waals surface area (Å²) in [5, 5.41) is 12.1. The van der Waals surface area contributed by atoms with E-state index in [4.69, 9.17) is 14.2 Å². The smallest absolute Gasteiger partial charge is 0.171 e. The summed E-state index contributed by atoms with van der Waals surface area (Å²) in [7, 11) is 0. The van der Waals surface area contributed by atoms with E-state index in [1.54, 1.807) is 5.57 Å². The molecule has 2 aliphatic heterocycles. The summed E-state index contributed by atoms with van der Waals surface area (Å²) in [6.07, 6.45) is 10.7. The molecule has 34 heavy (non-hydrogen) atoms. The molecule has 1 aromatic rings. The topological polar surface area (TPSA) is 51.2 Å². The highest BCUT2D eigenvalue weighted by Gasteiger charge is 2.70. The van der Waals surface area contributed by atoms with Crippen molar-refractivity contribution in [3.63, 3.8) is 0 Å². The number of ether oxygens (including phenoxy) is 3. The first-order chi connectivity index (χ1) is 16.4. The Morgan fingerprint density at radius 1 is 0.882 bits per heavy atom. The molecule has 1 aromatic carbocycles. The fourth-order valence-corrected chi connectivity index (χ4v) is 9.37. The molecule has 6 atom stereocenters. The van der Waals surface area contributed by atoms with Gasteiger partial charge in [-0.1, -0.05) is 36.8 Å². The van der Waals surface area contributed by atoms with Crippen LogP contribution in [0.5, 0.6) is 0 Å². The molecule has 2 saturated heterocycles. The van der Waals surface area contributed by atoms with Gasteiger partial charge in [-0.15, -0.1) is 0 Å². The lowest BCUT2D eigenvalue weighted by Crippen LogP contribution is -2.54. The van der Waals surface area contributed by atoms with Gasteiger partial charge in [0, 0.05) is 24.2 Å². The molecule has 5 aliphatic carbocycles. The average molecular weight is 463 g/mol. The second-order valence-corrected chi connectivity index (χ2v) is 12.9. The minimum absolute atomic E-state index is 0.121. The van der Waals surface area contributed by atoms with Gasteiger partial charge in [0.1, 0.15) is 0 Å². The summed E-state index contributed by atoms with van der Waals surface area (Å²) in [4.78, 5) is 0. The molecule has 4 nitrogen and oxygen atoms in total. The molecule has 4 saturated carbocycles. The standard InChI is InChI=1S/C30H38O4/c1-27-16-23(21-6-4-20(5-7-21)19-2-3-19)26-22(24(27)9-12-29(27)18-34-29)8-11-28(31)17-30(13-10-25(26)28)32-14-15-33-30/h4-7,19,22-24,31H,2-3,8-18H2,1H3/t22-,23+,24-,27-,28+,29?/m0/s1. The van der Waals surface area contributed by atoms with Crippen molar-refractivity contribution in [2.45, 2.75) is 100.0 Å². The second-order valence-electron chi connectivity index (χ2n) is 12.9. The molecule has 7 aliphatic rings. The van der Waals surface area contributed by atoms with Crippen LogP contribution in [-0.4, -0.2) is 41.9 Å². The van der Waals surface area contributed by atoms with E-state index in [0.29, 0.717) is 37.4 Å². The number of benzene rings is 1. The lowest BCUT2D eigenvalue weighted by Gasteiger charge is -2.56. The zero-order chi connectivity index (χ0) is 22.8. The first-order valence-electron chi connectivity index (χ1n) is 13.9. The van der Waals surface area contributed by atoms with Crippen LogP contribution in [0.1, 0.15) is 94.1 Å². The van der Waals surface area contributed by atoms with Gasteiger partial charge in [0.25, 0.3) is 0 Å². The summed E-state index contributed by atoms with van der Waals surface area (Å²) >= 11 is 0. The van der Waals surface area contributed by atoms with Crippen molar-refractivity contribution in [1.82, 2.24) is 0 Å². The molecular formula is C30H38O4. The van der Waals surface area contributed by atoms with Crippen LogP contribution in [0.15, 0.2) is 35.4 Å². The minimum Gasteiger partial charge on any atom is -0.385 e. The Hall–Kier alpha value is -1.20. The van der Waals surface area contributed by atoms with Crippen molar-refractivity contribution < 1.29 is 19.3 Å². The van der Waals surface area contributed by atoms with Crippen LogP contribution < -0.4 is 0 Å². The molecule has 0 aromatic heterocycles. The molecule has 0 radical (unpaired) electrons. The zero-order valence-corrected chi connectivity index (χ0v) is 20.5. The van der Waals surface area contributed by atoms with Crippen molar-refractivity contribution in [3.8, 4) is 0 Å². The van der Waals surface area contributed by atoms with Crippen LogP contribution in [0.25, 0.3) is 0 Å². The summed E-state index contributed by atoms with van der Waals surface area (Å²) in [5.74, 6) is 1.87. The monoisotopic (exact) mass is 462 g/mol. The molecule has 1 N–H and O–H groups in total. The Morgan fingerprint density at radius 2 is 1.62 bits per heavy atom. The molecule has 0 amide bonds. The average Bonchev–Trinajstić information content (AvgIpc) is 3.75. The first-order valence-corrected chi connectivity index (χ1v) is 13.9. The molecule has 0 bridgehead atoms. The fourth-order valence-electron chi connectivity index (χ4n) is 9.37. The SMILES string of the molecule is C[C@]12C[C@H](c3ccc(C4CC4)cc3)C3=C4CCC5(C[C@]4(O)CC[C@H]3[C@@H]1CCC21CO1)OCCO5. The quantitative estimate of drug-likeness (QED) is 0.459. The predicted molar refractivity (Wildman–Crippen MR) is 128 cm³/mol. The van der Waals surface area contributed by atoms with E-state index in [1.165, 1.54) is 42.4 Å². The van der Waals surface area contributed by atoms with Gasteiger partial charge in [-0.2, -0.15) is 0 Å². The van der Waals surface area contributed by atoms with E-state index < -0.39 is 11.4 Å². The van der Waals surface area contributed by atoms with Crippen LogP contribution in [0, 0.1) is 17.3 Å². The summed E-state index contributed by atoms with van der Waals surface area (Å²) in [6.45, 7) is 4.81. The molecule has 2 heterocycles. The highest BCUT2D eigenvalue weighted by molar-refractivity contribution is 5.45. The van der Waals surface area contributed by atoms with Gasteiger partial charge < -0.3 is 19.3 Å². The highest BCUT2D eigenvalue weighted by Crippen LogP contribution is 2.71. The maximum atomic E-state index is 12.1. The Kier molecular flexibility index (Phi) is 4.16. The van der Waals surface area contributed by atoms with Crippen molar-refractivity contribution in [1.29, 1.82) is 0 Å². The maximum absolute atomic E-state index is 12.1. The first kappa shape index (κ1) is 20.9. The Balaban J connectivity index is 1.24. The van der Waals surface area contributed by atoms with Gasteiger partial charge in [-0.05, 0) is 85.8 Å². The van der Waals surface area contributed by atoms with Gasteiger partial charge in [0.2, 0.25) is 0 Å². The largest absolute Gasteiger partial charge is 0.385 e.